The molecule has 5 nitrogen and oxygen atoms in total. The number of carbonyl (C=O) groups excluding carboxylic acids is 1. The Morgan fingerprint density at radius 3 is 3.62 bits per heavy atom. The molecule has 42 valence electrons. The number of carbonyl (C=O) groups is 1. The molecule has 1 N–H and O–H groups in total. The zero-order valence-corrected chi connectivity index (χ0v) is 3.75. The van der Waals surface area contributed by atoms with E-state index in [2.05, 4.69) is 10.1 Å². The Balaban J connectivity index is 4.27. The van der Waals surface area contributed by atoms with Gasteiger partial charge in [0.2, 0.25) is 0 Å². The second kappa shape index (κ2) is 3.70. The standard InChI is InChI=1S/C3H4N4O/c1-2-3(8)5-7-6-4/h2H,1H2,(H,5,8)/i1D2,2D. The molecular formula is C3H4N4O. The molecule has 0 unspecified atom stereocenters. The molecule has 0 atom stereocenters. The molecule has 0 aliphatic carbocycles. The van der Waals surface area contributed by atoms with Crippen molar-refractivity contribution in [2.75, 3.05) is 0 Å². The van der Waals surface area contributed by atoms with Crippen LogP contribution >= 0.6 is 0 Å². The molecule has 0 spiro atoms. The van der Waals surface area contributed by atoms with Crippen molar-refractivity contribution in [1.82, 2.24) is 5.43 Å². The molecule has 5 heteroatoms. The van der Waals surface area contributed by atoms with E-state index in [0.717, 1.165) is 0 Å². The lowest BCUT2D eigenvalue weighted by Crippen LogP contribution is -2.11. The topological polar surface area (TPSA) is 77.9 Å². The molecular weight excluding hydrogens is 108 g/mol. The van der Waals surface area contributed by atoms with Gasteiger partial charge in [0.05, 0.1) is 4.11 Å². The summed E-state index contributed by atoms with van der Waals surface area (Å²) < 4.78 is 19.7. The predicted molar refractivity (Wildman–Crippen MR) is 27.5 cm³/mol. The summed E-state index contributed by atoms with van der Waals surface area (Å²) in [7, 11) is 0. The maximum absolute atomic E-state index is 10.5. The van der Waals surface area contributed by atoms with Gasteiger partial charge in [0.25, 0.3) is 0 Å². The Morgan fingerprint density at radius 1 is 2.38 bits per heavy atom. The fraction of sp³-hybridized carbons (Fsp3) is 0. The molecule has 0 bridgehead atoms. The van der Waals surface area contributed by atoms with E-state index in [1.54, 1.807) is 5.43 Å². The number of azide groups is 1. The summed E-state index contributed by atoms with van der Waals surface area (Å²) in [6.07, 6.45) is 0. The van der Waals surface area contributed by atoms with Crippen LogP contribution in [0.3, 0.4) is 0 Å². The summed E-state index contributed by atoms with van der Waals surface area (Å²) in [4.78, 5) is 12.7. The molecule has 0 heterocycles. The highest BCUT2D eigenvalue weighted by molar-refractivity contribution is 5.86. The normalized spacial score (nSPS) is 11.2. The van der Waals surface area contributed by atoms with E-state index in [-0.39, 0.29) is 0 Å². The number of nitrogens with one attached hydrogen (secondary N) is 1. The van der Waals surface area contributed by atoms with E-state index in [0.29, 0.717) is 0 Å². The van der Waals surface area contributed by atoms with Crippen LogP contribution in [0.5, 0.6) is 0 Å². The highest BCUT2D eigenvalue weighted by atomic mass is 16.2. The van der Waals surface area contributed by atoms with Crippen LogP contribution in [0.4, 0.5) is 0 Å². The lowest BCUT2D eigenvalue weighted by Gasteiger charge is -1.79. The van der Waals surface area contributed by atoms with Gasteiger partial charge in [-0.1, -0.05) is 6.53 Å². The van der Waals surface area contributed by atoms with Crippen LogP contribution in [0.15, 0.2) is 17.8 Å². The first-order valence-corrected chi connectivity index (χ1v) is 1.58. The minimum absolute atomic E-state index is 0.850. The van der Waals surface area contributed by atoms with Gasteiger partial charge in [-0.25, -0.2) is 4.79 Å². The second-order valence-electron chi connectivity index (χ2n) is 0.755. The highest BCUT2D eigenvalue weighted by Gasteiger charge is 1.88. The van der Waals surface area contributed by atoms with E-state index in [9.17, 15) is 4.79 Å². The quantitative estimate of drug-likeness (QED) is 0.184. The van der Waals surface area contributed by atoms with Crippen molar-refractivity contribution in [1.29, 1.82) is 0 Å². The number of hydrogen-bond donors (Lipinski definition) is 1. The van der Waals surface area contributed by atoms with Crippen molar-refractivity contribution in [2.45, 2.75) is 0 Å². The molecule has 0 saturated heterocycles. The lowest BCUT2D eigenvalue weighted by molar-refractivity contribution is -0.116. The van der Waals surface area contributed by atoms with Crippen molar-refractivity contribution in [3.8, 4) is 0 Å². The van der Waals surface area contributed by atoms with E-state index >= 15 is 0 Å². The summed E-state index contributed by atoms with van der Waals surface area (Å²) in [5, 5.41) is 2.64. The first kappa shape index (κ1) is 2.74. The summed E-state index contributed by atoms with van der Waals surface area (Å²) >= 11 is 0. The molecule has 0 aliphatic heterocycles. The molecule has 1 amide bonds. The van der Waals surface area contributed by atoms with E-state index in [4.69, 9.17) is 9.64 Å². The average molecular weight is 115 g/mol. The Kier molecular flexibility index (Phi) is 1.27. The van der Waals surface area contributed by atoms with E-state index < -0.39 is 18.5 Å². The zero-order chi connectivity index (χ0) is 8.85. The largest absolute Gasteiger partial charge is 0.334 e. The highest BCUT2D eigenvalue weighted by Crippen LogP contribution is 1.65. The lowest BCUT2D eigenvalue weighted by atomic mass is 10.6. The molecule has 0 aromatic heterocycles. The smallest absolute Gasteiger partial charge is 0.241 e. The van der Waals surface area contributed by atoms with Gasteiger partial charge < -0.3 is 0 Å². The number of rotatable bonds is 2. The Labute approximate surface area is 49.8 Å². The average Bonchev–Trinajstić information content (AvgIpc) is 1.98. The molecule has 8 heavy (non-hydrogen) atoms. The van der Waals surface area contributed by atoms with Crippen LogP contribution in [0.2, 0.25) is 0 Å². The van der Waals surface area contributed by atoms with E-state index in [1.165, 1.54) is 0 Å². The fourth-order valence-corrected chi connectivity index (χ4v) is 0.0957. The summed E-state index contributed by atoms with van der Waals surface area (Å²) in [5.41, 5.74) is 9.31. The zero-order valence-electron chi connectivity index (χ0n) is 6.75. The van der Waals surface area contributed by atoms with Gasteiger partial charge in [0.15, 0.2) is 0 Å². The Hall–Kier alpha value is -1.48. The molecule has 0 fully saturated rings. The van der Waals surface area contributed by atoms with Crippen molar-refractivity contribution >= 4 is 5.91 Å². The van der Waals surface area contributed by atoms with Gasteiger partial charge in [-0.2, -0.15) is 10.3 Å². The second-order valence-corrected chi connectivity index (χ2v) is 0.755. The monoisotopic (exact) mass is 115 g/mol. The van der Waals surface area contributed by atoms with Gasteiger partial charge >= 0.3 is 5.91 Å². The molecule has 0 radical (unpaired) electrons. The summed E-state index contributed by atoms with van der Waals surface area (Å²) in [6, 6.07) is -0.850. The van der Waals surface area contributed by atoms with Crippen molar-refractivity contribution in [3.05, 3.63) is 23.0 Å². The number of amides is 1. The molecule has 0 saturated carbocycles. The van der Waals surface area contributed by atoms with Crippen LogP contribution in [0.25, 0.3) is 10.4 Å². The molecule has 0 aromatic rings. The first-order chi connectivity index (χ1) is 5.09. The Bertz CT molecular complexity index is 239. The Morgan fingerprint density at radius 2 is 3.12 bits per heavy atom. The third kappa shape index (κ3) is 2.74. The van der Waals surface area contributed by atoms with Crippen LogP contribution in [-0.4, -0.2) is 5.91 Å². The maximum Gasteiger partial charge on any atom is 0.334 e. The van der Waals surface area contributed by atoms with Gasteiger partial charge in [0.1, 0.15) is 0 Å². The van der Waals surface area contributed by atoms with Gasteiger partial charge in [-0.3, -0.25) is 0 Å². The van der Waals surface area contributed by atoms with Crippen molar-refractivity contribution < 1.29 is 8.91 Å². The third-order valence-electron chi connectivity index (χ3n) is 0.310. The van der Waals surface area contributed by atoms with Gasteiger partial charge in [-0.05, 0) is 5.22 Å². The molecule has 0 aliphatic rings. The third-order valence-corrected chi connectivity index (χ3v) is 0.310. The molecule has 0 rings (SSSR count). The SMILES string of the molecule is [2H]C([2H])=C([2H])C(=O)NN=[N+]=[N-]. The summed E-state index contributed by atoms with van der Waals surface area (Å²) in [6.45, 7) is -0.935. The molecule has 0 aromatic carbocycles. The summed E-state index contributed by atoms with van der Waals surface area (Å²) in [5.74, 6) is -1.07. The fourth-order valence-electron chi connectivity index (χ4n) is 0.0957. The van der Waals surface area contributed by atoms with Crippen molar-refractivity contribution in [3.63, 3.8) is 0 Å². The van der Waals surface area contributed by atoms with Crippen molar-refractivity contribution in [2.24, 2.45) is 5.22 Å². The van der Waals surface area contributed by atoms with Gasteiger partial charge in [0, 0.05) is 6.05 Å². The minimum atomic E-state index is -1.07. The predicted octanol–water partition coefficient (Wildman–Crippen LogP) is 0.514. The number of nitrogens with zero attached hydrogens (tertiary/aromatic N) is 3. The van der Waals surface area contributed by atoms with E-state index in [1.807, 2.05) is 0 Å². The van der Waals surface area contributed by atoms with Crippen LogP contribution in [0, 0.1) is 0 Å². The van der Waals surface area contributed by atoms with Gasteiger partial charge in [-0.15, -0.1) is 5.53 Å². The first-order valence-electron chi connectivity index (χ1n) is 3.08. The maximum atomic E-state index is 10.5. The van der Waals surface area contributed by atoms with Crippen LogP contribution < -0.4 is 5.43 Å². The number of hydrogen-bond acceptors (Lipinski definition) is 2. The van der Waals surface area contributed by atoms with Crippen LogP contribution in [0.1, 0.15) is 4.11 Å². The minimum Gasteiger partial charge on any atom is -0.241 e. The van der Waals surface area contributed by atoms with Crippen LogP contribution in [-0.2, 0) is 4.79 Å².